The van der Waals surface area contributed by atoms with Crippen molar-refractivity contribution in [3.05, 3.63) is 66.9 Å². The van der Waals surface area contributed by atoms with Crippen LogP contribution in [0.25, 0.3) is 16.9 Å². The lowest BCUT2D eigenvalue weighted by Crippen LogP contribution is -2.01. The van der Waals surface area contributed by atoms with Gasteiger partial charge in [0.25, 0.3) is 0 Å². The van der Waals surface area contributed by atoms with Gasteiger partial charge in [0.05, 0.1) is 19.9 Å². The monoisotopic (exact) mass is 364 g/mol. The molecule has 0 spiro atoms. The second kappa shape index (κ2) is 6.95. The maximum absolute atomic E-state index is 13.2. The normalized spacial score (nSPS) is 10.8. The molecule has 0 amide bonds. The quantitative estimate of drug-likeness (QED) is 0.572. The average molecular weight is 364 g/mol. The van der Waals surface area contributed by atoms with Gasteiger partial charge in [-0.05, 0) is 36.4 Å². The highest BCUT2D eigenvalue weighted by Gasteiger charge is 2.11. The first-order valence-corrected chi connectivity index (χ1v) is 8.26. The summed E-state index contributed by atoms with van der Waals surface area (Å²) in [6.07, 6.45) is 5.39. The Bertz CT molecular complexity index is 1090. The van der Waals surface area contributed by atoms with Gasteiger partial charge in [0, 0.05) is 35.9 Å². The van der Waals surface area contributed by atoms with Crippen LogP contribution < -0.4 is 14.8 Å². The Labute approximate surface area is 155 Å². The zero-order chi connectivity index (χ0) is 18.8. The molecule has 0 bridgehead atoms. The smallest absolute Gasteiger partial charge is 0.180 e. The Kier molecular flexibility index (Phi) is 4.33. The van der Waals surface area contributed by atoms with E-state index in [1.165, 1.54) is 12.1 Å². The molecule has 1 N–H and O–H groups in total. The standard InChI is InChI=1S/C20H17FN4O2/c1-26-17-8-7-15(11-18(17)27-2)23-19-20-22-9-10-25(20)12-16(24-19)13-3-5-14(21)6-4-13/h3-12H,1-2H3,(H,23,24). The van der Waals surface area contributed by atoms with Crippen molar-refractivity contribution in [3.8, 4) is 22.8 Å². The number of aromatic nitrogens is 3. The lowest BCUT2D eigenvalue weighted by atomic mass is 10.1. The fraction of sp³-hybridized carbons (Fsp3) is 0.100. The Morgan fingerprint density at radius 2 is 1.78 bits per heavy atom. The van der Waals surface area contributed by atoms with Crippen molar-refractivity contribution in [2.24, 2.45) is 0 Å². The van der Waals surface area contributed by atoms with E-state index in [4.69, 9.17) is 9.47 Å². The second-order valence-corrected chi connectivity index (χ2v) is 5.83. The minimum Gasteiger partial charge on any atom is -0.493 e. The van der Waals surface area contributed by atoms with Crippen molar-refractivity contribution in [1.82, 2.24) is 14.4 Å². The fourth-order valence-corrected chi connectivity index (χ4v) is 2.83. The number of ether oxygens (including phenoxy) is 2. The Morgan fingerprint density at radius 1 is 1.00 bits per heavy atom. The third-order valence-corrected chi connectivity index (χ3v) is 4.16. The van der Waals surface area contributed by atoms with E-state index in [1.54, 1.807) is 32.5 Å². The molecule has 0 radical (unpaired) electrons. The van der Waals surface area contributed by atoms with Crippen molar-refractivity contribution in [1.29, 1.82) is 0 Å². The Balaban J connectivity index is 1.77. The average Bonchev–Trinajstić information content (AvgIpc) is 3.17. The highest BCUT2D eigenvalue weighted by molar-refractivity contribution is 5.74. The largest absolute Gasteiger partial charge is 0.493 e. The summed E-state index contributed by atoms with van der Waals surface area (Å²) < 4.78 is 25.7. The van der Waals surface area contributed by atoms with Crippen molar-refractivity contribution in [2.45, 2.75) is 0 Å². The van der Waals surface area contributed by atoms with Crippen LogP contribution in [0, 0.1) is 5.82 Å². The predicted molar refractivity (Wildman–Crippen MR) is 101 cm³/mol. The molecule has 2 aromatic carbocycles. The first-order valence-electron chi connectivity index (χ1n) is 8.26. The number of hydrogen-bond acceptors (Lipinski definition) is 5. The van der Waals surface area contributed by atoms with Crippen molar-refractivity contribution in [3.63, 3.8) is 0 Å². The summed E-state index contributed by atoms with van der Waals surface area (Å²) in [5, 5.41) is 3.28. The van der Waals surface area contributed by atoms with Gasteiger partial charge in [-0.3, -0.25) is 0 Å². The number of nitrogens with one attached hydrogen (secondary N) is 1. The lowest BCUT2D eigenvalue weighted by Gasteiger charge is -2.12. The van der Waals surface area contributed by atoms with Crippen LogP contribution in [-0.2, 0) is 0 Å². The molecule has 0 fully saturated rings. The van der Waals surface area contributed by atoms with E-state index in [1.807, 2.05) is 35.0 Å². The SMILES string of the molecule is COc1ccc(Nc2nc(-c3ccc(F)cc3)cn3ccnc23)cc1OC. The van der Waals surface area contributed by atoms with Crippen molar-refractivity contribution in [2.75, 3.05) is 19.5 Å². The number of nitrogens with zero attached hydrogens (tertiary/aromatic N) is 3. The first kappa shape index (κ1) is 16.8. The summed E-state index contributed by atoms with van der Waals surface area (Å²) in [6.45, 7) is 0. The molecule has 6 nitrogen and oxygen atoms in total. The maximum Gasteiger partial charge on any atom is 0.180 e. The van der Waals surface area contributed by atoms with Gasteiger partial charge >= 0.3 is 0 Å². The summed E-state index contributed by atoms with van der Waals surface area (Å²) in [7, 11) is 3.18. The van der Waals surface area contributed by atoms with Gasteiger partial charge in [-0.2, -0.15) is 0 Å². The number of imidazole rings is 1. The van der Waals surface area contributed by atoms with E-state index in [0.717, 1.165) is 11.3 Å². The molecule has 2 aromatic heterocycles. The van der Waals surface area contributed by atoms with E-state index >= 15 is 0 Å². The van der Waals surface area contributed by atoms with Crippen LogP contribution in [0.1, 0.15) is 0 Å². The summed E-state index contributed by atoms with van der Waals surface area (Å²) in [6, 6.07) is 11.7. The van der Waals surface area contributed by atoms with Gasteiger partial charge in [0.1, 0.15) is 5.82 Å². The molecule has 0 atom stereocenters. The third kappa shape index (κ3) is 3.27. The van der Waals surface area contributed by atoms with E-state index in [2.05, 4.69) is 15.3 Å². The number of methoxy groups -OCH3 is 2. The van der Waals surface area contributed by atoms with Crippen LogP contribution in [0.2, 0.25) is 0 Å². The fourth-order valence-electron chi connectivity index (χ4n) is 2.83. The number of hydrogen-bond donors (Lipinski definition) is 1. The molecule has 2 heterocycles. The van der Waals surface area contributed by atoms with Crippen LogP contribution in [0.15, 0.2) is 61.1 Å². The van der Waals surface area contributed by atoms with Crippen LogP contribution in [0.4, 0.5) is 15.9 Å². The Morgan fingerprint density at radius 3 is 2.52 bits per heavy atom. The molecule has 136 valence electrons. The van der Waals surface area contributed by atoms with E-state index < -0.39 is 0 Å². The third-order valence-electron chi connectivity index (χ3n) is 4.16. The Hall–Kier alpha value is -3.61. The summed E-state index contributed by atoms with van der Waals surface area (Å²) >= 11 is 0. The zero-order valence-corrected chi connectivity index (χ0v) is 14.8. The minimum absolute atomic E-state index is 0.286. The molecule has 0 aliphatic rings. The summed E-state index contributed by atoms with van der Waals surface area (Å²) in [4.78, 5) is 9.04. The summed E-state index contributed by atoms with van der Waals surface area (Å²) in [5.74, 6) is 1.54. The topological polar surface area (TPSA) is 60.7 Å². The molecule has 0 saturated heterocycles. The highest BCUT2D eigenvalue weighted by Crippen LogP contribution is 2.32. The number of fused-ring (bicyclic) bond motifs is 1. The van der Waals surface area contributed by atoms with Crippen LogP contribution in [-0.4, -0.2) is 28.6 Å². The van der Waals surface area contributed by atoms with E-state index in [-0.39, 0.29) is 5.82 Å². The predicted octanol–water partition coefficient (Wildman–Crippen LogP) is 4.30. The molecular weight excluding hydrogens is 347 g/mol. The van der Waals surface area contributed by atoms with Gasteiger partial charge in [0.2, 0.25) is 0 Å². The molecule has 0 aliphatic heterocycles. The molecule has 27 heavy (non-hydrogen) atoms. The van der Waals surface area contributed by atoms with Gasteiger partial charge in [0.15, 0.2) is 23.0 Å². The lowest BCUT2D eigenvalue weighted by molar-refractivity contribution is 0.355. The number of benzene rings is 2. The molecule has 4 aromatic rings. The van der Waals surface area contributed by atoms with E-state index in [0.29, 0.717) is 28.7 Å². The zero-order valence-electron chi connectivity index (χ0n) is 14.8. The molecule has 4 rings (SSSR count). The van der Waals surface area contributed by atoms with Crippen LogP contribution >= 0.6 is 0 Å². The number of halogens is 1. The van der Waals surface area contributed by atoms with Gasteiger partial charge in [-0.1, -0.05) is 0 Å². The molecule has 0 aliphatic carbocycles. The van der Waals surface area contributed by atoms with Crippen LogP contribution in [0.3, 0.4) is 0 Å². The van der Waals surface area contributed by atoms with Crippen LogP contribution in [0.5, 0.6) is 11.5 Å². The first-order chi connectivity index (χ1) is 13.2. The van der Waals surface area contributed by atoms with E-state index in [9.17, 15) is 4.39 Å². The van der Waals surface area contributed by atoms with Gasteiger partial charge in [-0.25, -0.2) is 14.4 Å². The maximum atomic E-state index is 13.2. The van der Waals surface area contributed by atoms with Gasteiger partial charge < -0.3 is 19.2 Å². The van der Waals surface area contributed by atoms with Crippen molar-refractivity contribution >= 4 is 17.2 Å². The second-order valence-electron chi connectivity index (χ2n) is 5.83. The molecule has 7 heteroatoms. The van der Waals surface area contributed by atoms with Gasteiger partial charge in [-0.15, -0.1) is 0 Å². The summed E-state index contributed by atoms with van der Waals surface area (Å²) in [5.41, 5.74) is 2.96. The number of rotatable bonds is 5. The molecule has 0 unspecified atom stereocenters. The van der Waals surface area contributed by atoms with Crippen molar-refractivity contribution < 1.29 is 13.9 Å². The minimum atomic E-state index is -0.286. The molecular formula is C20H17FN4O2. The molecule has 0 saturated carbocycles. The highest BCUT2D eigenvalue weighted by atomic mass is 19.1. The number of anilines is 2.